The van der Waals surface area contributed by atoms with Crippen LogP contribution in [0.5, 0.6) is 0 Å². The molecule has 2 aliphatic heterocycles. The van der Waals surface area contributed by atoms with Gasteiger partial charge in [0.15, 0.2) is 0 Å². The number of urea groups is 1. The zero-order chi connectivity index (χ0) is 21.5. The average Bonchev–Trinajstić information content (AvgIpc) is 2.80. The first-order valence-electron chi connectivity index (χ1n) is 11.3. The van der Waals surface area contributed by atoms with Gasteiger partial charge >= 0.3 is 6.03 Å². The summed E-state index contributed by atoms with van der Waals surface area (Å²) in [5.41, 5.74) is 2.43. The number of anilines is 1. The van der Waals surface area contributed by atoms with Gasteiger partial charge < -0.3 is 20.4 Å². The molecule has 0 atom stereocenters. The van der Waals surface area contributed by atoms with E-state index in [4.69, 9.17) is 0 Å². The van der Waals surface area contributed by atoms with Crippen molar-refractivity contribution in [1.82, 2.24) is 25.4 Å². The number of likely N-dealkylation sites (N-methyl/N-ethyl adjacent to an activating group) is 1. The van der Waals surface area contributed by atoms with E-state index in [1.807, 2.05) is 12.3 Å². The molecule has 0 unspecified atom stereocenters. The van der Waals surface area contributed by atoms with Crippen molar-refractivity contribution in [3.63, 3.8) is 0 Å². The number of aromatic nitrogens is 1. The molecule has 1 aromatic heterocycles. The van der Waals surface area contributed by atoms with E-state index < -0.39 is 0 Å². The monoisotopic (exact) mass is 422 g/mol. The van der Waals surface area contributed by atoms with Crippen molar-refractivity contribution >= 4 is 11.8 Å². The lowest BCUT2D eigenvalue weighted by Crippen LogP contribution is -2.47. The summed E-state index contributed by atoms with van der Waals surface area (Å²) in [5.74, 6) is 0.999. The smallest absolute Gasteiger partial charge is 0.315 e. The molecule has 2 N–H and O–H groups in total. The number of carbonyl (C=O) groups is 1. The van der Waals surface area contributed by atoms with Gasteiger partial charge in [-0.15, -0.1) is 0 Å². The molecule has 0 spiro atoms. The Kier molecular flexibility index (Phi) is 7.38. The van der Waals surface area contributed by atoms with Gasteiger partial charge in [-0.05, 0) is 43.1 Å². The molecular weight excluding hydrogens is 388 g/mol. The van der Waals surface area contributed by atoms with Gasteiger partial charge in [-0.2, -0.15) is 0 Å². The molecule has 166 valence electrons. The second kappa shape index (κ2) is 10.6. The summed E-state index contributed by atoms with van der Waals surface area (Å²) in [6.45, 7) is 7.61. The minimum Gasteiger partial charge on any atom is -0.354 e. The van der Waals surface area contributed by atoms with Crippen LogP contribution in [-0.2, 0) is 13.1 Å². The van der Waals surface area contributed by atoms with Crippen molar-refractivity contribution in [2.45, 2.75) is 32.0 Å². The number of nitrogens with zero attached hydrogens (tertiary/aromatic N) is 4. The van der Waals surface area contributed by atoms with Crippen LogP contribution >= 0.6 is 0 Å². The lowest BCUT2D eigenvalue weighted by atomic mass is 10.0. The largest absolute Gasteiger partial charge is 0.354 e. The first-order valence-corrected chi connectivity index (χ1v) is 11.3. The number of likely N-dealkylation sites (tertiary alicyclic amines) is 1. The lowest BCUT2D eigenvalue weighted by molar-refractivity contribution is 0.186. The van der Waals surface area contributed by atoms with Gasteiger partial charge in [-0.3, -0.25) is 4.90 Å². The van der Waals surface area contributed by atoms with Crippen molar-refractivity contribution in [3.8, 4) is 0 Å². The van der Waals surface area contributed by atoms with Crippen LogP contribution in [0.3, 0.4) is 0 Å². The van der Waals surface area contributed by atoms with Crippen LogP contribution in [0.1, 0.15) is 24.0 Å². The zero-order valence-electron chi connectivity index (χ0n) is 18.5. The number of carbonyl (C=O) groups excluding carboxylic acids is 1. The van der Waals surface area contributed by atoms with Crippen LogP contribution < -0.4 is 15.5 Å². The Labute approximate surface area is 185 Å². The third-order valence-corrected chi connectivity index (χ3v) is 6.26. The molecule has 0 aliphatic carbocycles. The Morgan fingerprint density at radius 2 is 1.74 bits per heavy atom. The van der Waals surface area contributed by atoms with E-state index >= 15 is 0 Å². The number of piperidine rings is 1. The number of benzene rings is 1. The Morgan fingerprint density at radius 3 is 2.48 bits per heavy atom. The number of amides is 2. The molecule has 31 heavy (non-hydrogen) atoms. The van der Waals surface area contributed by atoms with Crippen LogP contribution in [0.25, 0.3) is 0 Å². The van der Waals surface area contributed by atoms with E-state index in [-0.39, 0.29) is 12.1 Å². The maximum absolute atomic E-state index is 12.4. The van der Waals surface area contributed by atoms with Crippen molar-refractivity contribution in [3.05, 3.63) is 59.8 Å². The van der Waals surface area contributed by atoms with Gasteiger partial charge in [-0.1, -0.05) is 30.3 Å². The number of hydrogen-bond acceptors (Lipinski definition) is 5. The van der Waals surface area contributed by atoms with E-state index in [0.717, 1.165) is 70.0 Å². The fourth-order valence-electron chi connectivity index (χ4n) is 4.27. The second-order valence-electron chi connectivity index (χ2n) is 8.68. The van der Waals surface area contributed by atoms with Crippen molar-refractivity contribution in [2.75, 3.05) is 51.2 Å². The average molecular weight is 423 g/mol. The Hall–Kier alpha value is -2.64. The fourth-order valence-corrected chi connectivity index (χ4v) is 4.27. The standard InChI is InChI=1S/C24H34N6O/c1-28-13-15-30(16-14-28)23-17-21(7-10-25-23)18-26-24(31)27-22-8-11-29(12-9-22)19-20-5-3-2-4-6-20/h2-7,10,17,22H,8-9,11-16,18-19H2,1H3,(H2,26,27,31). The lowest BCUT2D eigenvalue weighted by Gasteiger charge is -2.33. The van der Waals surface area contributed by atoms with Crippen molar-refractivity contribution in [1.29, 1.82) is 0 Å². The molecule has 2 aromatic rings. The molecular formula is C24H34N6O. The summed E-state index contributed by atoms with van der Waals surface area (Å²) in [6.07, 6.45) is 3.82. The predicted molar refractivity (Wildman–Crippen MR) is 124 cm³/mol. The first-order chi connectivity index (χ1) is 15.2. The summed E-state index contributed by atoms with van der Waals surface area (Å²) in [7, 11) is 2.15. The first kappa shape index (κ1) is 21.6. The van der Waals surface area contributed by atoms with E-state index in [9.17, 15) is 4.79 Å². The molecule has 0 bridgehead atoms. The highest BCUT2D eigenvalue weighted by Crippen LogP contribution is 2.16. The maximum atomic E-state index is 12.4. The molecule has 2 fully saturated rings. The van der Waals surface area contributed by atoms with E-state index in [0.29, 0.717) is 6.54 Å². The topological polar surface area (TPSA) is 63.7 Å². The quantitative estimate of drug-likeness (QED) is 0.748. The number of rotatable bonds is 6. The summed E-state index contributed by atoms with van der Waals surface area (Å²) in [6, 6.07) is 14.8. The minimum atomic E-state index is -0.0838. The Balaban J connectivity index is 1.18. The molecule has 2 saturated heterocycles. The fraction of sp³-hybridized carbons (Fsp3) is 0.500. The van der Waals surface area contributed by atoms with E-state index in [1.54, 1.807) is 0 Å². The molecule has 3 heterocycles. The predicted octanol–water partition coefficient (Wildman–Crippen LogP) is 2.30. The number of pyridine rings is 1. The van der Waals surface area contributed by atoms with Gasteiger partial charge in [-0.25, -0.2) is 9.78 Å². The highest BCUT2D eigenvalue weighted by molar-refractivity contribution is 5.74. The minimum absolute atomic E-state index is 0.0838. The van der Waals surface area contributed by atoms with Crippen molar-refractivity contribution in [2.24, 2.45) is 0 Å². The number of piperazine rings is 1. The van der Waals surface area contributed by atoms with Crippen LogP contribution in [0.4, 0.5) is 10.6 Å². The SMILES string of the molecule is CN1CCN(c2cc(CNC(=O)NC3CCN(Cc4ccccc4)CC3)ccn2)CC1. The van der Waals surface area contributed by atoms with Gasteiger partial charge in [0.1, 0.15) is 5.82 Å². The van der Waals surface area contributed by atoms with E-state index in [1.165, 1.54) is 5.56 Å². The second-order valence-corrected chi connectivity index (χ2v) is 8.68. The molecule has 7 heteroatoms. The maximum Gasteiger partial charge on any atom is 0.315 e. The number of hydrogen-bond donors (Lipinski definition) is 2. The third-order valence-electron chi connectivity index (χ3n) is 6.26. The summed E-state index contributed by atoms with van der Waals surface area (Å²) in [4.78, 5) is 24.0. The summed E-state index contributed by atoms with van der Waals surface area (Å²) < 4.78 is 0. The molecule has 2 aliphatic rings. The molecule has 0 radical (unpaired) electrons. The zero-order valence-corrected chi connectivity index (χ0v) is 18.5. The molecule has 2 amide bonds. The third kappa shape index (κ3) is 6.42. The van der Waals surface area contributed by atoms with Crippen LogP contribution in [0.2, 0.25) is 0 Å². The highest BCUT2D eigenvalue weighted by Gasteiger charge is 2.21. The van der Waals surface area contributed by atoms with Crippen LogP contribution in [0, 0.1) is 0 Å². The number of nitrogens with one attached hydrogen (secondary N) is 2. The summed E-state index contributed by atoms with van der Waals surface area (Å²) >= 11 is 0. The van der Waals surface area contributed by atoms with Crippen molar-refractivity contribution < 1.29 is 4.79 Å². The molecule has 1 aromatic carbocycles. The van der Waals surface area contributed by atoms with Gasteiger partial charge in [0.2, 0.25) is 0 Å². The van der Waals surface area contributed by atoms with Crippen LogP contribution in [0.15, 0.2) is 48.7 Å². The molecule has 4 rings (SSSR count). The molecule has 7 nitrogen and oxygen atoms in total. The van der Waals surface area contributed by atoms with Crippen LogP contribution in [-0.4, -0.2) is 73.2 Å². The normalized spacial score (nSPS) is 18.7. The van der Waals surface area contributed by atoms with Gasteiger partial charge in [0.25, 0.3) is 0 Å². The summed E-state index contributed by atoms with van der Waals surface area (Å²) in [5, 5.41) is 6.16. The van der Waals surface area contributed by atoms with E-state index in [2.05, 4.69) is 73.8 Å². The highest BCUT2D eigenvalue weighted by atomic mass is 16.2. The van der Waals surface area contributed by atoms with Gasteiger partial charge in [0, 0.05) is 64.6 Å². The Bertz CT molecular complexity index is 829. The molecule has 0 saturated carbocycles. The van der Waals surface area contributed by atoms with Gasteiger partial charge in [0.05, 0.1) is 0 Å². The Morgan fingerprint density at radius 1 is 1.00 bits per heavy atom.